The molecule has 4 N–H and O–H groups in total. The lowest BCUT2D eigenvalue weighted by atomic mass is 9.90. The second-order valence-corrected chi connectivity index (χ2v) is 7.83. The van der Waals surface area contributed by atoms with Gasteiger partial charge in [0.05, 0.1) is 0 Å². The third-order valence-corrected chi connectivity index (χ3v) is 4.80. The minimum Gasteiger partial charge on any atom is -0.350 e. The molecule has 1 aliphatic rings. The van der Waals surface area contributed by atoms with E-state index in [9.17, 15) is 9.59 Å². The summed E-state index contributed by atoms with van der Waals surface area (Å²) in [4.78, 5) is 26.3. The summed E-state index contributed by atoms with van der Waals surface area (Å²) in [6.45, 7) is 8.23. The van der Waals surface area contributed by atoms with Crippen molar-refractivity contribution in [1.29, 1.82) is 0 Å². The number of carbonyl (C=O) groups excluding carboxylic acids is 2. The van der Waals surface area contributed by atoms with Gasteiger partial charge in [0.15, 0.2) is 0 Å². The minimum atomic E-state index is -0.397. The Kier molecular flexibility index (Phi) is 9.06. The molecule has 2 rings (SSSR count). The molecule has 1 aromatic rings. The Morgan fingerprint density at radius 1 is 1.26 bits per heavy atom. The van der Waals surface area contributed by atoms with Crippen molar-refractivity contribution >= 4 is 24.3 Å². The first-order valence-electron chi connectivity index (χ1n) is 9.43. The molecule has 0 saturated heterocycles. The lowest BCUT2D eigenvalue weighted by molar-refractivity contribution is -0.122. The minimum absolute atomic E-state index is 0. The number of carbonyl (C=O) groups is 2. The predicted octanol–water partition coefficient (Wildman–Crippen LogP) is 2.45. The molecule has 0 spiro atoms. The topological polar surface area (TPSA) is 87.5 Å². The van der Waals surface area contributed by atoms with Gasteiger partial charge in [-0.2, -0.15) is 0 Å². The summed E-state index contributed by atoms with van der Waals surface area (Å²) in [5, 5.41) is 5.87. The Balaban J connectivity index is 0.00000364. The van der Waals surface area contributed by atoms with Gasteiger partial charge in [-0.3, -0.25) is 4.79 Å². The molecule has 1 heterocycles. The van der Waals surface area contributed by atoms with Crippen LogP contribution in [0.25, 0.3) is 0 Å². The van der Waals surface area contributed by atoms with Gasteiger partial charge in [-0.25, -0.2) is 4.79 Å². The van der Waals surface area contributed by atoms with Crippen LogP contribution in [0.2, 0.25) is 0 Å². The van der Waals surface area contributed by atoms with Gasteiger partial charge in [-0.15, -0.1) is 12.4 Å². The fraction of sp³-hybridized carbons (Fsp3) is 0.600. The number of hydrogen-bond acceptors (Lipinski definition) is 3. The molecule has 1 aliphatic heterocycles. The van der Waals surface area contributed by atoms with Crippen LogP contribution in [0, 0.1) is 5.92 Å². The van der Waals surface area contributed by atoms with Gasteiger partial charge in [-0.1, -0.05) is 38.1 Å². The number of amides is 3. The second-order valence-electron chi connectivity index (χ2n) is 7.83. The van der Waals surface area contributed by atoms with Crippen LogP contribution in [0.4, 0.5) is 4.79 Å². The van der Waals surface area contributed by atoms with E-state index in [4.69, 9.17) is 5.73 Å². The Labute approximate surface area is 168 Å². The molecular formula is C20H33ClN4O2. The van der Waals surface area contributed by atoms with E-state index >= 15 is 0 Å². The maximum Gasteiger partial charge on any atom is 0.317 e. The quantitative estimate of drug-likeness (QED) is 0.661. The zero-order valence-electron chi connectivity index (χ0n) is 16.6. The van der Waals surface area contributed by atoms with E-state index in [0.717, 1.165) is 12.8 Å². The van der Waals surface area contributed by atoms with Crippen LogP contribution in [0.1, 0.15) is 44.7 Å². The average molecular weight is 397 g/mol. The van der Waals surface area contributed by atoms with Crippen molar-refractivity contribution in [2.24, 2.45) is 11.7 Å². The van der Waals surface area contributed by atoms with E-state index in [1.165, 1.54) is 11.1 Å². The van der Waals surface area contributed by atoms with E-state index in [2.05, 4.69) is 36.6 Å². The van der Waals surface area contributed by atoms with Gasteiger partial charge in [0.1, 0.15) is 0 Å². The first kappa shape index (κ1) is 23.2. The molecule has 0 saturated carbocycles. The molecule has 1 unspecified atom stereocenters. The number of fused-ring (bicyclic) bond motifs is 1. The summed E-state index contributed by atoms with van der Waals surface area (Å²) in [6.07, 6.45) is 1.95. The third-order valence-electron chi connectivity index (χ3n) is 4.80. The van der Waals surface area contributed by atoms with Crippen LogP contribution in [0.5, 0.6) is 0 Å². The number of halogens is 1. The van der Waals surface area contributed by atoms with Gasteiger partial charge in [-0.05, 0) is 36.8 Å². The third kappa shape index (κ3) is 7.03. The van der Waals surface area contributed by atoms with Crippen LogP contribution in [0.15, 0.2) is 24.3 Å². The normalized spacial score (nSPS) is 15.4. The molecule has 1 atom stereocenters. The first-order valence-corrected chi connectivity index (χ1v) is 9.43. The van der Waals surface area contributed by atoms with Crippen molar-refractivity contribution in [2.75, 3.05) is 19.6 Å². The van der Waals surface area contributed by atoms with Crippen molar-refractivity contribution in [3.8, 4) is 0 Å². The van der Waals surface area contributed by atoms with Crippen LogP contribution < -0.4 is 16.4 Å². The Bertz CT molecular complexity index is 638. The molecule has 27 heavy (non-hydrogen) atoms. The van der Waals surface area contributed by atoms with Crippen molar-refractivity contribution in [1.82, 2.24) is 15.5 Å². The van der Waals surface area contributed by atoms with Crippen LogP contribution >= 0.6 is 12.4 Å². The highest BCUT2D eigenvalue weighted by molar-refractivity contribution is 5.85. The van der Waals surface area contributed by atoms with Gasteiger partial charge in [0.2, 0.25) is 5.91 Å². The zero-order chi connectivity index (χ0) is 19.2. The van der Waals surface area contributed by atoms with Crippen molar-refractivity contribution in [3.05, 3.63) is 35.4 Å². The van der Waals surface area contributed by atoms with Crippen LogP contribution in [-0.4, -0.2) is 42.0 Å². The van der Waals surface area contributed by atoms with Gasteiger partial charge >= 0.3 is 6.03 Å². The molecule has 0 aromatic heterocycles. The summed E-state index contributed by atoms with van der Waals surface area (Å²) < 4.78 is 0. The number of rotatable bonds is 7. The number of nitrogens with one attached hydrogen (secondary N) is 2. The molecule has 152 valence electrons. The summed E-state index contributed by atoms with van der Waals surface area (Å²) in [5.41, 5.74) is 7.93. The van der Waals surface area contributed by atoms with Crippen molar-refractivity contribution in [2.45, 2.75) is 52.1 Å². The van der Waals surface area contributed by atoms with E-state index in [0.29, 0.717) is 32.1 Å². The molecule has 0 aliphatic carbocycles. The lowest BCUT2D eigenvalue weighted by Gasteiger charge is -2.31. The molecule has 0 bridgehead atoms. The lowest BCUT2D eigenvalue weighted by Crippen LogP contribution is -2.52. The van der Waals surface area contributed by atoms with Gasteiger partial charge in [0, 0.05) is 38.1 Å². The average Bonchev–Trinajstić information content (AvgIpc) is 2.60. The number of benzene rings is 1. The largest absolute Gasteiger partial charge is 0.350 e. The Hall–Kier alpha value is -1.79. The van der Waals surface area contributed by atoms with Crippen LogP contribution in [-0.2, 0) is 17.8 Å². The Morgan fingerprint density at radius 2 is 1.93 bits per heavy atom. The SMILES string of the molecule is CC(C)CC(C)(CN)NC(=O)CCNC(=O)N1CCc2ccccc2C1.Cl. The highest BCUT2D eigenvalue weighted by Crippen LogP contribution is 2.18. The predicted molar refractivity (Wildman–Crippen MR) is 111 cm³/mol. The summed E-state index contributed by atoms with van der Waals surface area (Å²) in [6, 6.07) is 8.08. The number of hydrogen-bond donors (Lipinski definition) is 3. The smallest absolute Gasteiger partial charge is 0.317 e. The fourth-order valence-corrected chi connectivity index (χ4v) is 3.55. The molecule has 0 radical (unpaired) electrons. The standard InChI is InChI=1S/C20H32N4O2.ClH/c1-15(2)12-20(3,14-21)23-18(25)8-10-22-19(26)24-11-9-16-6-4-5-7-17(16)13-24;/h4-7,15H,8-14,21H2,1-3H3,(H,22,26)(H,23,25);1H. The van der Waals surface area contributed by atoms with E-state index in [-0.39, 0.29) is 30.8 Å². The monoisotopic (exact) mass is 396 g/mol. The molecule has 1 aromatic carbocycles. The molecule has 7 heteroatoms. The number of nitrogens with two attached hydrogens (primary N) is 1. The molecule has 6 nitrogen and oxygen atoms in total. The summed E-state index contributed by atoms with van der Waals surface area (Å²) in [5.74, 6) is 0.369. The zero-order valence-corrected chi connectivity index (χ0v) is 17.4. The fourth-order valence-electron chi connectivity index (χ4n) is 3.55. The van der Waals surface area contributed by atoms with E-state index in [1.54, 1.807) is 4.90 Å². The van der Waals surface area contributed by atoms with Gasteiger partial charge in [0.25, 0.3) is 0 Å². The number of urea groups is 1. The van der Waals surface area contributed by atoms with E-state index < -0.39 is 5.54 Å². The van der Waals surface area contributed by atoms with Crippen LogP contribution in [0.3, 0.4) is 0 Å². The summed E-state index contributed by atoms with van der Waals surface area (Å²) >= 11 is 0. The highest BCUT2D eigenvalue weighted by Gasteiger charge is 2.26. The van der Waals surface area contributed by atoms with Crippen molar-refractivity contribution in [3.63, 3.8) is 0 Å². The molecule has 0 fully saturated rings. The summed E-state index contributed by atoms with van der Waals surface area (Å²) in [7, 11) is 0. The van der Waals surface area contributed by atoms with E-state index in [1.807, 2.05) is 19.1 Å². The molecular weight excluding hydrogens is 364 g/mol. The number of nitrogens with zero attached hydrogens (tertiary/aromatic N) is 1. The second kappa shape index (κ2) is 10.5. The molecule has 3 amide bonds. The van der Waals surface area contributed by atoms with Crippen molar-refractivity contribution < 1.29 is 9.59 Å². The Morgan fingerprint density at radius 3 is 2.56 bits per heavy atom. The first-order chi connectivity index (χ1) is 12.3. The van der Waals surface area contributed by atoms with Gasteiger partial charge < -0.3 is 21.3 Å². The maximum atomic E-state index is 12.3. The maximum absolute atomic E-state index is 12.3. The highest BCUT2D eigenvalue weighted by atomic mass is 35.5.